The van der Waals surface area contributed by atoms with Gasteiger partial charge in [-0.25, -0.2) is 0 Å². The van der Waals surface area contributed by atoms with Crippen molar-refractivity contribution in [3.63, 3.8) is 0 Å². The molecule has 2 rings (SSSR count). The van der Waals surface area contributed by atoms with E-state index in [-0.39, 0.29) is 11.9 Å². The minimum atomic E-state index is -4.32. The lowest BCUT2D eigenvalue weighted by Gasteiger charge is -2.24. The first-order chi connectivity index (χ1) is 14.9. The Morgan fingerprint density at radius 3 is 2.38 bits per heavy atom. The van der Waals surface area contributed by atoms with Crippen molar-refractivity contribution in [3.8, 4) is 0 Å². The van der Waals surface area contributed by atoms with Gasteiger partial charge in [0.15, 0.2) is 0 Å². The number of likely N-dealkylation sites (N-methyl/N-ethyl adjacent to an activating group) is 1. The third-order valence-electron chi connectivity index (χ3n) is 5.69. The molecule has 1 aromatic rings. The number of carbonyl (C=O) groups is 1. The lowest BCUT2D eigenvalue weighted by atomic mass is 10.1. The van der Waals surface area contributed by atoms with Gasteiger partial charge in [0.25, 0.3) is 0 Å². The quantitative estimate of drug-likeness (QED) is 0.320. The minimum Gasteiger partial charge on any atom is -0.374 e. The Labute approximate surface area is 194 Å². The molecule has 0 spiro atoms. The lowest BCUT2D eigenvalue weighted by molar-refractivity contribution is -0.129. The van der Waals surface area contributed by atoms with Crippen LogP contribution in [0.15, 0.2) is 53.3 Å². The van der Waals surface area contributed by atoms with Gasteiger partial charge in [-0.1, -0.05) is 24.3 Å². The summed E-state index contributed by atoms with van der Waals surface area (Å²) in [4.78, 5) is 15.7. The van der Waals surface area contributed by atoms with Gasteiger partial charge in [-0.3, -0.25) is 4.79 Å². The van der Waals surface area contributed by atoms with E-state index >= 15 is 0 Å². The van der Waals surface area contributed by atoms with Gasteiger partial charge in [0.2, 0.25) is 5.91 Å². The molecule has 1 aromatic carbocycles. The monoisotopic (exact) mass is 467 g/mol. The number of benzene rings is 1. The first-order valence-corrected chi connectivity index (χ1v) is 11.0. The topological polar surface area (TPSA) is 35.6 Å². The Morgan fingerprint density at radius 1 is 1.19 bits per heavy atom. The summed E-state index contributed by atoms with van der Waals surface area (Å²) in [6, 6.07) is 8.39. The first-order valence-electron chi connectivity index (χ1n) is 10.5. The molecule has 1 saturated heterocycles. The number of amides is 1. The number of hydrogen-bond acceptors (Lipinski definition) is 4. The molecule has 0 aromatic heterocycles. The Morgan fingerprint density at radius 2 is 1.81 bits per heavy atom. The molecular formula is C24H32F3N3OS. The van der Waals surface area contributed by atoms with E-state index in [4.69, 9.17) is 0 Å². The van der Waals surface area contributed by atoms with Crippen molar-refractivity contribution < 1.29 is 18.0 Å². The van der Waals surface area contributed by atoms with Crippen LogP contribution >= 0.6 is 12.6 Å². The molecule has 1 amide bonds. The fourth-order valence-electron chi connectivity index (χ4n) is 3.39. The number of hydrogen-bond donors (Lipinski definition) is 2. The SMILES string of the molecule is CC(=O)N(C)C1CCN(c2ccc(/C=C(\C)NC(S)/C(C)=C/C=C(\C)C(F)(F)F)cc2)C1. The Bertz CT molecular complexity index is 891. The predicted molar refractivity (Wildman–Crippen MR) is 129 cm³/mol. The molecule has 4 nitrogen and oxygen atoms in total. The highest BCUT2D eigenvalue weighted by atomic mass is 32.1. The highest BCUT2D eigenvalue weighted by Crippen LogP contribution is 2.26. The van der Waals surface area contributed by atoms with Crippen molar-refractivity contribution in [3.05, 3.63) is 58.8 Å². The van der Waals surface area contributed by atoms with Gasteiger partial charge in [0, 0.05) is 44.0 Å². The van der Waals surface area contributed by atoms with Crippen molar-refractivity contribution in [1.82, 2.24) is 10.2 Å². The maximum Gasteiger partial charge on any atom is 0.412 e. The summed E-state index contributed by atoms with van der Waals surface area (Å²) >= 11 is 4.45. The van der Waals surface area contributed by atoms with Crippen LogP contribution in [0, 0.1) is 0 Å². The number of thiol groups is 1. The third kappa shape index (κ3) is 7.36. The Balaban J connectivity index is 1.97. The van der Waals surface area contributed by atoms with Gasteiger partial charge in [-0.2, -0.15) is 25.8 Å². The standard InChI is InChI=1S/C24H32F3N3OS/c1-16(6-7-17(2)24(25,26)27)23(32)28-18(3)14-20-8-10-21(11-9-20)30-13-12-22(15-30)29(5)19(4)31/h6-11,14,22-23,28,32H,12-13,15H2,1-5H3/b16-6+,17-7+,18-14+. The van der Waals surface area contributed by atoms with E-state index in [0.717, 1.165) is 49.5 Å². The van der Waals surface area contributed by atoms with Crippen LogP contribution in [-0.2, 0) is 4.79 Å². The molecule has 1 aliphatic heterocycles. The number of carbonyl (C=O) groups excluding carboxylic acids is 1. The molecule has 0 bridgehead atoms. The van der Waals surface area contributed by atoms with Gasteiger partial charge in [0.1, 0.15) is 0 Å². The maximum absolute atomic E-state index is 12.6. The number of anilines is 1. The molecule has 2 unspecified atom stereocenters. The highest BCUT2D eigenvalue weighted by molar-refractivity contribution is 7.81. The summed E-state index contributed by atoms with van der Waals surface area (Å²) < 4.78 is 37.8. The van der Waals surface area contributed by atoms with Gasteiger partial charge in [-0.05, 0) is 56.5 Å². The van der Waals surface area contributed by atoms with E-state index < -0.39 is 17.1 Å². The molecule has 1 aliphatic rings. The van der Waals surface area contributed by atoms with Crippen molar-refractivity contribution in [2.45, 2.75) is 51.7 Å². The fraction of sp³-hybridized carbons (Fsp3) is 0.458. The van der Waals surface area contributed by atoms with Gasteiger partial charge in [-0.15, -0.1) is 0 Å². The summed E-state index contributed by atoms with van der Waals surface area (Å²) in [5.41, 5.74) is 3.00. The summed E-state index contributed by atoms with van der Waals surface area (Å²) in [6.45, 7) is 7.99. The van der Waals surface area contributed by atoms with Crippen LogP contribution in [0.5, 0.6) is 0 Å². The largest absolute Gasteiger partial charge is 0.412 e. The second-order valence-electron chi connectivity index (χ2n) is 8.24. The van der Waals surface area contributed by atoms with E-state index in [0.29, 0.717) is 5.57 Å². The second kappa shape index (κ2) is 11.0. The van der Waals surface area contributed by atoms with Crippen LogP contribution in [0.1, 0.15) is 39.7 Å². The molecule has 1 fully saturated rings. The van der Waals surface area contributed by atoms with Gasteiger partial charge >= 0.3 is 6.18 Å². The summed E-state index contributed by atoms with van der Waals surface area (Å²) in [5, 5.41) is 2.79. The number of rotatable bonds is 7. The molecule has 32 heavy (non-hydrogen) atoms. The number of nitrogens with one attached hydrogen (secondary N) is 1. The van der Waals surface area contributed by atoms with E-state index in [1.54, 1.807) is 18.7 Å². The maximum atomic E-state index is 12.6. The average Bonchev–Trinajstić information content (AvgIpc) is 3.20. The fourth-order valence-corrected chi connectivity index (χ4v) is 3.68. The van der Waals surface area contributed by atoms with Crippen LogP contribution in [-0.4, -0.2) is 48.5 Å². The first kappa shape index (κ1) is 25.9. The van der Waals surface area contributed by atoms with Gasteiger partial charge < -0.3 is 15.1 Å². The normalized spacial score (nSPS) is 19.2. The molecule has 0 saturated carbocycles. The van der Waals surface area contributed by atoms with E-state index in [2.05, 4.69) is 35.0 Å². The van der Waals surface area contributed by atoms with Crippen molar-refractivity contribution in [1.29, 1.82) is 0 Å². The number of nitrogens with zero attached hydrogens (tertiary/aromatic N) is 2. The van der Waals surface area contributed by atoms with Crippen LogP contribution in [0.3, 0.4) is 0 Å². The smallest absolute Gasteiger partial charge is 0.374 e. The van der Waals surface area contributed by atoms with Crippen LogP contribution in [0.4, 0.5) is 18.9 Å². The Hall–Kier alpha value is -2.35. The van der Waals surface area contributed by atoms with Crippen LogP contribution in [0.25, 0.3) is 6.08 Å². The zero-order valence-electron chi connectivity index (χ0n) is 19.2. The number of allylic oxidation sites excluding steroid dienone is 4. The summed E-state index contributed by atoms with van der Waals surface area (Å²) in [7, 11) is 1.85. The summed E-state index contributed by atoms with van der Waals surface area (Å²) in [5.74, 6) is 0.0828. The molecule has 1 heterocycles. The van der Waals surface area contributed by atoms with Gasteiger partial charge in [0.05, 0.1) is 11.4 Å². The van der Waals surface area contributed by atoms with E-state index in [9.17, 15) is 18.0 Å². The average molecular weight is 468 g/mol. The van der Waals surface area contributed by atoms with E-state index in [1.807, 2.05) is 32.2 Å². The summed E-state index contributed by atoms with van der Waals surface area (Å²) in [6.07, 6.45) is 1.09. The van der Waals surface area contributed by atoms with Crippen molar-refractivity contribution in [2.24, 2.45) is 0 Å². The minimum absolute atomic E-state index is 0.0828. The van der Waals surface area contributed by atoms with Crippen LogP contribution < -0.4 is 10.2 Å². The predicted octanol–water partition coefficient (Wildman–Crippen LogP) is 5.40. The molecular weight excluding hydrogens is 435 g/mol. The van der Waals surface area contributed by atoms with E-state index in [1.165, 1.54) is 6.08 Å². The molecule has 0 aliphatic carbocycles. The van der Waals surface area contributed by atoms with Crippen molar-refractivity contribution >= 4 is 30.3 Å². The third-order valence-corrected chi connectivity index (χ3v) is 6.22. The zero-order chi connectivity index (χ0) is 24.1. The Kier molecular flexibility index (Phi) is 8.89. The second-order valence-corrected chi connectivity index (χ2v) is 8.76. The molecule has 176 valence electrons. The number of alkyl halides is 3. The van der Waals surface area contributed by atoms with Crippen molar-refractivity contribution in [2.75, 3.05) is 25.0 Å². The molecule has 8 heteroatoms. The molecule has 0 radical (unpaired) electrons. The van der Waals surface area contributed by atoms with Crippen LogP contribution in [0.2, 0.25) is 0 Å². The zero-order valence-corrected chi connectivity index (χ0v) is 20.1. The molecule has 1 N–H and O–H groups in total. The highest BCUT2D eigenvalue weighted by Gasteiger charge is 2.29. The lowest BCUT2D eigenvalue weighted by Crippen LogP contribution is -2.37. The molecule has 2 atom stereocenters. The number of halogens is 3.